The first kappa shape index (κ1) is 17.6. The second-order valence-electron chi connectivity index (χ2n) is 6.27. The molecular formula is C20H20ClNO3. The number of halogens is 1. The van der Waals surface area contributed by atoms with E-state index in [1.807, 2.05) is 42.5 Å². The van der Waals surface area contributed by atoms with Gasteiger partial charge in [-0.1, -0.05) is 48.0 Å². The second kappa shape index (κ2) is 7.38. The number of rotatable bonds is 6. The number of nitrogens with zero attached hydrogens (tertiary/aromatic N) is 1. The molecule has 0 bridgehead atoms. The van der Waals surface area contributed by atoms with Crippen LogP contribution in [-0.2, 0) is 16.0 Å². The maximum absolute atomic E-state index is 12.6. The summed E-state index contributed by atoms with van der Waals surface area (Å²) in [6, 6.07) is 16.6. The Labute approximate surface area is 152 Å². The summed E-state index contributed by atoms with van der Waals surface area (Å²) in [4.78, 5) is 26.6. The van der Waals surface area contributed by atoms with Gasteiger partial charge in [-0.3, -0.25) is 9.59 Å². The Morgan fingerprint density at radius 3 is 2.52 bits per heavy atom. The summed E-state index contributed by atoms with van der Waals surface area (Å²) in [6.07, 6.45) is 1.46. The van der Waals surface area contributed by atoms with Crippen LogP contribution in [0, 0.1) is 0 Å². The number of aliphatic hydroxyl groups is 1. The van der Waals surface area contributed by atoms with Gasteiger partial charge in [-0.05, 0) is 36.6 Å². The van der Waals surface area contributed by atoms with Crippen molar-refractivity contribution in [1.29, 1.82) is 0 Å². The van der Waals surface area contributed by atoms with E-state index < -0.39 is 17.3 Å². The van der Waals surface area contributed by atoms with Crippen LogP contribution in [-0.4, -0.2) is 28.9 Å². The molecule has 130 valence electrons. The van der Waals surface area contributed by atoms with Crippen LogP contribution in [0.5, 0.6) is 0 Å². The van der Waals surface area contributed by atoms with Crippen LogP contribution in [0.3, 0.4) is 0 Å². The van der Waals surface area contributed by atoms with Gasteiger partial charge in [-0.15, -0.1) is 0 Å². The van der Waals surface area contributed by atoms with E-state index in [-0.39, 0.29) is 12.8 Å². The lowest BCUT2D eigenvalue weighted by Crippen LogP contribution is -2.46. The minimum absolute atomic E-state index is 0.131. The van der Waals surface area contributed by atoms with Crippen molar-refractivity contribution in [2.24, 2.45) is 0 Å². The summed E-state index contributed by atoms with van der Waals surface area (Å²) >= 11 is 6.11. The summed E-state index contributed by atoms with van der Waals surface area (Å²) in [5.41, 5.74) is -0.240. The quantitative estimate of drug-likeness (QED) is 0.806. The van der Waals surface area contributed by atoms with Crippen molar-refractivity contribution in [1.82, 2.24) is 0 Å². The number of ketones is 1. The van der Waals surface area contributed by atoms with E-state index in [9.17, 15) is 14.7 Å². The van der Waals surface area contributed by atoms with E-state index in [1.165, 1.54) is 4.90 Å². The molecule has 1 heterocycles. The molecule has 0 radical (unpaired) electrons. The van der Waals surface area contributed by atoms with E-state index in [0.717, 1.165) is 5.56 Å². The molecule has 1 aliphatic heterocycles. The molecule has 5 heteroatoms. The number of aryl methyl sites for hydroxylation is 1. The Morgan fingerprint density at radius 1 is 1.12 bits per heavy atom. The minimum Gasteiger partial charge on any atom is -0.373 e. The molecule has 0 unspecified atom stereocenters. The average Bonchev–Trinajstić information content (AvgIpc) is 2.94. The summed E-state index contributed by atoms with van der Waals surface area (Å²) in [7, 11) is 0. The van der Waals surface area contributed by atoms with Crippen molar-refractivity contribution in [3.8, 4) is 0 Å². The standard InChI is InChI=1S/C20H20ClNO3/c21-17-11-5-4-7-15(17)8-6-12-18(23)20(25)13-14-22(19(20)24)16-9-2-1-3-10-16/h1-5,7,9-11,25H,6,8,12-14H2/t20-/m0/s1. The van der Waals surface area contributed by atoms with E-state index in [2.05, 4.69) is 0 Å². The molecule has 1 saturated heterocycles. The number of benzene rings is 2. The first-order valence-corrected chi connectivity index (χ1v) is 8.76. The molecule has 2 aromatic rings. The smallest absolute Gasteiger partial charge is 0.266 e. The third-order valence-corrected chi connectivity index (χ3v) is 5.00. The van der Waals surface area contributed by atoms with Gasteiger partial charge in [0.15, 0.2) is 5.78 Å². The molecule has 0 aliphatic carbocycles. The van der Waals surface area contributed by atoms with Gasteiger partial charge in [0.25, 0.3) is 5.91 Å². The molecule has 3 rings (SSSR count). The number of carbonyl (C=O) groups is 2. The van der Waals surface area contributed by atoms with Gasteiger partial charge in [0.1, 0.15) is 0 Å². The summed E-state index contributed by atoms with van der Waals surface area (Å²) < 4.78 is 0. The Balaban J connectivity index is 1.62. The highest BCUT2D eigenvalue weighted by molar-refractivity contribution is 6.31. The van der Waals surface area contributed by atoms with Crippen molar-refractivity contribution in [2.45, 2.75) is 31.3 Å². The number of Topliss-reactive ketones (excluding diaryl/α,β-unsaturated/α-hetero) is 1. The summed E-state index contributed by atoms with van der Waals surface area (Å²) in [6.45, 7) is 0.343. The lowest BCUT2D eigenvalue weighted by atomic mass is 9.92. The number of carbonyl (C=O) groups excluding carboxylic acids is 2. The predicted octanol–water partition coefficient (Wildman–Crippen LogP) is 3.40. The molecule has 1 aliphatic rings. The van der Waals surface area contributed by atoms with Crippen LogP contribution in [0.4, 0.5) is 5.69 Å². The molecule has 0 aromatic heterocycles. The van der Waals surface area contributed by atoms with Crippen LogP contribution < -0.4 is 4.90 Å². The van der Waals surface area contributed by atoms with Crippen molar-refractivity contribution in [3.63, 3.8) is 0 Å². The van der Waals surface area contributed by atoms with Gasteiger partial charge < -0.3 is 10.0 Å². The minimum atomic E-state index is -1.91. The van der Waals surface area contributed by atoms with Crippen LogP contribution >= 0.6 is 11.6 Å². The SMILES string of the molecule is O=C(CCCc1ccccc1Cl)[C@@]1(O)CCN(c2ccccc2)C1=O. The summed E-state index contributed by atoms with van der Waals surface area (Å²) in [5.74, 6) is -0.940. The van der Waals surface area contributed by atoms with Crippen molar-refractivity contribution in [3.05, 3.63) is 65.2 Å². The molecule has 1 amide bonds. The zero-order chi connectivity index (χ0) is 17.9. The van der Waals surface area contributed by atoms with Gasteiger partial charge in [-0.25, -0.2) is 0 Å². The second-order valence-corrected chi connectivity index (χ2v) is 6.68. The number of amides is 1. The Hall–Kier alpha value is -2.17. The van der Waals surface area contributed by atoms with Gasteiger partial charge in [-0.2, -0.15) is 0 Å². The lowest BCUT2D eigenvalue weighted by molar-refractivity contribution is -0.147. The third-order valence-electron chi connectivity index (χ3n) is 4.63. The normalized spacial score (nSPS) is 20.1. The molecule has 25 heavy (non-hydrogen) atoms. The molecule has 1 fully saturated rings. The number of hydrogen-bond acceptors (Lipinski definition) is 3. The molecule has 1 atom stereocenters. The van der Waals surface area contributed by atoms with Crippen LogP contribution in [0.2, 0.25) is 5.02 Å². The molecular weight excluding hydrogens is 338 g/mol. The third kappa shape index (κ3) is 3.60. The van der Waals surface area contributed by atoms with Crippen molar-refractivity contribution < 1.29 is 14.7 Å². The molecule has 2 aromatic carbocycles. The Kier molecular flexibility index (Phi) is 5.21. The maximum Gasteiger partial charge on any atom is 0.266 e. The van der Waals surface area contributed by atoms with Gasteiger partial charge in [0, 0.05) is 30.1 Å². The highest BCUT2D eigenvalue weighted by Crippen LogP contribution is 2.30. The number of para-hydroxylation sites is 1. The zero-order valence-electron chi connectivity index (χ0n) is 13.8. The fourth-order valence-electron chi connectivity index (χ4n) is 3.17. The fourth-order valence-corrected chi connectivity index (χ4v) is 3.40. The lowest BCUT2D eigenvalue weighted by Gasteiger charge is -2.21. The summed E-state index contributed by atoms with van der Waals surface area (Å²) in [5, 5.41) is 11.3. The highest BCUT2D eigenvalue weighted by Gasteiger charge is 2.50. The molecule has 0 spiro atoms. The molecule has 1 N–H and O–H groups in total. The van der Waals surface area contributed by atoms with Crippen LogP contribution in [0.1, 0.15) is 24.8 Å². The maximum atomic E-state index is 12.6. The first-order chi connectivity index (χ1) is 12.0. The van der Waals surface area contributed by atoms with E-state index in [4.69, 9.17) is 11.6 Å². The average molecular weight is 358 g/mol. The first-order valence-electron chi connectivity index (χ1n) is 8.38. The molecule has 4 nitrogen and oxygen atoms in total. The largest absolute Gasteiger partial charge is 0.373 e. The van der Waals surface area contributed by atoms with Gasteiger partial charge in [0.2, 0.25) is 5.60 Å². The Bertz CT molecular complexity index is 778. The van der Waals surface area contributed by atoms with Crippen LogP contribution in [0.15, 0.2) is 54.6 Å². The highest BCUT2D eigenvalue weighted by atomic mass is 35.5. The fraction of sp³-hybridized carbons (Fsp3) is 0.300. The van der Waals surface area contributed by atoms with Gasteiger partial charge in [0.05, 0.1) is 0 Å². The predicted molar refractivity (Wildman–Crippen MR) is 97.8 cm³/mol. The topological polar surface area (TPSA) is 57.6 Å². The monoisotopic (exact) mass is 357 g/mol. The van der Waals surface area contributed by atoms with E-state index in [1.54, 1.807) is 12.1 Å². The zero-order valence-corrected chi connectivity index (χ0v) is 14.6. The van der Waals surface area contributed by atoms with Gasteiger partial charge >= 0.3 is 0 Å². The van der Waals surface area contributed by atoms with Crippen LogP contribution in [0.25, 0.3) is 0 Å². The van der Waals surface area contributed by atoms with Crippen molar-refractivity contribution >= 4 is 29.0 Å². The number of anilines is 1. The van der Waals surface area contributed by atoms with E-state index in [0.29, 0.717) is 30.1 Å². The number of hydrogen-bond donors (Lipinski definition) is 1. The molecule has 0 saturated carbocycles. The Morgan fingerprint density at radius 2 is 1.80 bits per heavy atom. The van der Waals surface area contributed by atoms with E-state index >= 15 is 0 Å². The van der Waals surface area contributed by atoms with Crippen molar-refractivity contribution in [2.75, 3.05) is 11.4 Å².